The van der Waals surface area contributed by atoms with Crippen LogP contribution in [0.5, 0.6) is 5.75 Å². The molecule has 1 amide bonds. The Morgan fingerprint density at radius 3 is 1.97 bits per heavy atom. The lowest BCUT2D eigenvalue weighted by Crippen LogP contribution is -2.37. The number of ether oxygens (including phenoxy) is 1. The van der Waals surface area contributed by atoms with E-state index in [0.29, 0.717) is 27.2 Å². The number of amides is 1. The molecule has 0 fully saturated rings. The first-order valence-electron chi connectivity index (χ1n) is 10.1. The Labute approximate surface area is 202 Å². The van der Waals surface area contributed by atoms with Gasteiger partial charge in [0.2, 0.25) is 0 Å². The predicted molar refractivity (Wildman–Crippen MR) is 130 cm³/mol. The summed E-state index contributed by atoms with van der Waals surface area (Å²) in [6, 6.07) is 22.4. The molecule has 3 aromatic carbocycles. The number of aliphatic imine (C=N–C) groups is 1. The van der Waals surface area contributed by atoms with E-state index in [1.54, 1.807) is 0 Å². The third-order valence-electron chi connectivity index (χ3n) is 5.29. The molecular formula is C25H21Cl3N2O2. The Hall–Kier alpha value is -2.53. The number of rotatable bonds is 5. The molecule has 3 aromatic rings. The maximum atomic E-state index is 12.5. The second kappa shape index (κ2) is 9.14. The van der Waals surface area contributed by atoms with E-state index < -0.39 is 10.9 Å². The Morgan fingerprint density at radius 2 is 1.47 bits per heavy atom. The largest absolute Gasteiger partial charge is 0.490 e. The molecule has 0 aliphatic carbocycles. The summed E-state index contributed by atoms with van der Waals surface area (Å²) in [4.78, 5) is 19.2. The molecule has 0 saturated heterocycles. The molecule has 1 heterocycles. The van der Waals surface area contributed by atoms with Crippen LogP contribution in [0.15, 0.2) is 77.8 Å². The van der Waals surface area contributed by atoms with Gasteiger partial charge in [-0.1, -0.05) is 59.6 Å². The Morgan fingerprint density at radius 1 is 0.938 bits per heavy atom. The van der Waals surface area contributed by atoms with Crippen molar-refractivity contribution in [3.8, 4) is 5.75 Å². The van der Waals surface area contributed by atoms with Crippen LogP contribution >= 0.6 is 34.8 Å². The molecular weight excluding hydrogens is 467 g/mol. The fourth-order valence-electron chi connectivity index (χ4n) is 3.87. The lowest BCUT2D eigenvalue weighted by molar-refractivity contribution is 0.239. The monoisotopic (exact) mass is 486 g/mol. The summed E-state index contributed by atoms with van der Waals surface area (Å²) in [7, 11) is 0. The lowest BCUT2D eigenvalue weighted by atomic mass is 9.83. The van der Waals surface area contributed by atoms with Gasteiger partial charge in [-0.05, 0) is 73.0 Å². The summed E-state index contributed by atoms with van der Waals surface area (Å²) < 4.78 is 6.00. The number of carbonyl (C=O) groups is 1. The van der Waals surface area contributed by atoms with Crippen molar-refractivity contribution in [2.75, 3.05) is 6.54 Å². The topological polar surface area (TPSA) is 41.9 Å². The van der Waals surface area contributed by atoms with Crippen molar-refractivity contribution in [1.82, 2.24) is 4.90 Å². The normalized spacial score (nSPS) is 15.1. The third-order valence-corrected chi connectivity index (χ3v) is 5.99. The molecule has 164 valence electrons. The summed E-state index contributed by atoms with van der Waals surface area (Å²) in [5.74, 6) is 1.08. The molecule has 0 radical (unpaired) electrons. The van der Waals surface area contributed by atoms with E-state index in [9.17, 15) is 4.79 Å². The van der Waals surface area contributed by atoms with Gasteiger partial charge in [-0.25, -0.2) is 4.99 Å². The second-order valence-corrected chi connectivity index (χ2v) is 9.01. The minimum absolute atomic E-state index is 0.0457. The molecule has 0 saturated carbocycles. The van der Waals surface area contributed by atoms with Gasteiger partial charge in [-0.15, -0.1) is 0 Å². The Balaban J connectivity index is 1.96. The van der Waals surface area contributed by atoms with Crippen LogP contribution in [-0.2, 0) is 5.54 Å². The average molecular weight is 488 g/mol. The summed E-state index contributed by atoms with van der Waals surface area (Å²) >= 11 is 18.4. The first kappa shape index (κ1) is 22.7. The first-order chi connectivity index (χ1) is 15.3. The highest BCUT2D eigenvalue weighted by molar-refractivity contribution is 6.64. The number of hydrogen-bond donors (Lipinski definition) is 0. The van der Waals surface area contributed by atoms with E-state index >= 15 is 0 Å². The number of para-hydroxylation sites is 1. The molecule has 0 aromatic heterocycles. The van der Waals surface area contributed by atoms with Crippen molar-refractivity contribution in [2.24, 2.45) is 4.99 Å². The van der Waals surface area contributed by atoms with Crippen LogP contribution in [0.4, 0.5) is 4.79 Å². The van der Waals surface area contributed by atoms with Crippen LogP contribution in [0, 0.1) is 0 Å². The zero-order chi connectivity index (χ0) is 22.9. The molecule has 7 heteroatoms. The van der Waals surface area contributed by atoms with Crippen LogP contribution in [-0.4, -0.2) is 28.8 Å². The molecule has 32 heavy (non-hydrogen) atoms. The summed E-state index contributed by atoms with van der Waals surface area (Å²) in [6.45, 7) is 4.12. The predicted octanol–water partition coefficient (Wildman–Crippen LogP) is 7.15. The Bertz CT molecular complexity index is 1110. The van der Waals surface area contributed by atoms with Crippen molar-refractivity contribution in [3.63, 3.8) is 0 Å². The molecule has 1 aliphatic heterocycles. The minimum Gasteiger partial charge on any atom is -0.490 e. The second-order valence-electron chi connectivity index (χ2n) is 7.81. The van der Waals surface area contributed by atoms with Gasteiger partial charge >= 0.3 is 5.37 Å². The molecule has 4 nitrogen and oxygen atoms in total. The van der Waals surface area contributed by atoms with Crippen molar-refractivity contribution in [3.05, 3.63) is 99.5 Å². The fourth-order valence-corrected chi connectivity index (χ4v) is 4.26. The van der Waals surface area contributed by atoms with Gasteiger partial charge in [-0.3, -0.25) is 9.69 Å². The molecule has 0 atom stereocenters. The first-order valence-corrected chi connectivity index (χ1v) is 11.3. The maximum absolute atomic E-state index is 12.5. The van der Waals surface area contributed by atoms with Gasteiger partial charge in [0, 0.05) is 10.0 Å². The van der Waals surface area contributed by atoms with Gasteiger partial charge in [0.25, 0.3) is 0 Å². The number of hydrogen-bond acceptors (Lipinski definition) is 3. The highest BCUT2D eigenvalue weighted by Crippen LogP contribution is 2.42. The number of amidine groups is 1. The van der Waals surface area contributed by atoms with Crippen molar-refractivity contribution in [1.29, 1.82) is 0 Å². The van der Waals surface area contributed by atoms with E-state index in [1.165, 1.54) is 4.90 Å². The quantitative estimate of drug-likeness (QED) is 0.283. The lowest BCUT2D eigenvalue weighted by Gasteiger charge is -2.28. The molecule has 4 rings (SSSR count). The van der Waals surface area contributed by atoms with E-state index in [2.05, 4.69) is 0 Å². The Kier molecular flexibility index (Phi) is 6.47. The van der Waals surface area contributed by atoms with E-state index in [1.807, 2.05) is 86.6 Å². The van der Waals surface area contributed by atoms with Gasteiger partial charge in [0.05, 0.1) is 18.2 Å². The average Bonchev–Trinajstić information content (AvgIpc) is 3.17. The van der Waals surface area contributed by atoms with Gasteiger partial charge in [-0.2, -0.15) is 0 Å². The number of nitrogens with zero attached hydrogens (tertiary/aromatic N) is 2. The van der Waals surface area contributed by atoms with Crippen molar-refractivity contribution < 1.29 is 9.53 Å². The molecule has 0 bridgehead atoms. The zero-order valence-corrected chi connectivity index (χ0v) is 19.8. The van der Waals surface area contributed by atoms with Gasteiger partial charge < -0.3 is 4.74 Å². The molecule has 0 spiro atoms. The van der Waals surface area contributed by atoms with Gasteiger partial charge in [0.1, 0.15) is 17.1 Å². The van der Waals surface area contributed by atoms with Crippen molar-refractivity contribution >= 4 is 46.0 Å². The molecule has 0 unspecified atom stereocenters. The smallest absolute Gasteiger partial charge is 0.322 e. The number of benzene rings is 3. The van der Waals surface area contributed by atoms with Crippen LogP contribution in [0.2, 0.25) is 10.0 Å². The molecule has 1 aliphatic rings. The molecule has 0 N–H and O–H groups in total. The third kappa shape index (κ3) is 4.36. The maximum Gasteiger partial charge on any atom is 0.322 e. The van der Waals surface area contributed by atoms with Crippen LogP contribution in [0.3, 0.4) is 0 Å². The summed E-state index contributed by atoms with van der Waals surface area (Å²) in [6.07, 6.45) is -0.0457. The summed E-state index contributed by atoms with van der Waals surface area (Å²) in [5, 5.41) is 0.610. The van der Waals surface area contributed by atoms with E-state index in [-0.39, 0.29) is 12.6 Å². The van der Waals surface area contributed by atoms with Gasteiger partial charge in [0.15, 0.2) is 0 Å². The van der Waals surface area contributed by atoms with E-state index in [0.717, 1.165) is 11.1 Å². The van der Waals surface area contributed by atoms with Crippen LogP contribution in [0.25, 0.3) is 0 Å². The van der Waals surface area contributed by atoms with Crippen LogP contribution < -0.4 is 4.74 Å². The van der Waals surface area contributed by atoms with E-state index in [4.69, 9.17) is 44.5 Å². The van der Waals surface area contributed by atoms with Crippen LogP contribution in [0.1, 0.15) is 30.5 Å². The fraction of sp³-hybridized carbons (Fsp3) is 0.200. The number of halogens is 3. The SMILES string of the molecule is CC(C)Oc1ccccc1C1=NC(c2ccc(Cl)cc2)(c2ccc(Cl)cc2)CN1C(=O)Cl. The zero-order valence-electron chi connectivity index (χ0n) is 17.6. The highest BCUT2D eigenvalue weighted by Gasteiger charge is 2.45. The van der Waals surface area contributed by atoms with Crippen molar-refractivity contribution in [2.45, 2.75) is 25.5 Å². The summed E-state index contributed by atoms with van der Waals surface area (Å²) in [5.41, 5.74) is 1.56. The standard InChI is InChI=1S/C25H21Cl3N2O2/c1-16(2)32-22-6-4-3-5-21(22)23-29-25(15-30(23)24(28)31,17-7-11-19(26)12-8-17)18-9-13-20(27)14-10-18/h3-14,16H,15H2,1-2H3. The number of carbonyl (C=O) groups excluding carboxylic acids is 1. The minimum atomic E-state index is -0.889. The highest BCUT2D eigenvalue weighted by atomic mass is 35.5.